The van der Waals surface area contributed by atoms with Crippen molar-refractivity contribution in [1.82, 2.24) is 10.6 Å². The maximum absolute atomic E-state index is 11.5. The van der Waals surface area contributed by atoms with Gasteiger partial charge < -0.3 is 4.74 Å². The summed E-state index contributed by atoms with van der Waals surface area (Å²) in [5.74, 6) is -1.48. The Morgan fingerprint density at radius 3 is 2.18 bits per heavy atom. The molecule has 0 spiro atoms. The highest BCUT2D eigenvalue weighted by Crippen LogP contribution is 2.13. The topological polar surface area (TPSA) is 102 Å². The average molecular weight is 300 g/mol. The lowest BCUT2D eigenvalue weighted by molar-refractivity contribution is -0.132. The number of ether oxygens (including phenoxy) is 1. The molecule has 0 bridgehead atoms. The van der Waals surface area contributed by atoms with Gasteiger partial charge in [0.2, 0.25) is 0 Å². The van der Waals surface area contributed by atoms with Crippen molar-refractivity contribution in [3.63, 3.8) is 0 Å². The van der Waals surface area contributed by atoms with Crippen LogP contribution in [0.25, 0.3) is 6.08 Å². The molecule has 2 rings (SSSR count). The van der Waals surface area contributed by atoms with Gasteiger partial charge in [-0.15, -0.1) is 0 Å². The zero-order valence-electron chi connectivity index (χ0n) is 11.6. The molecule has 1 fully saturated rings. The molecule has 1 saturated heterocycles. The minimum atomic E-state index is -0.836. The largest absolute Gasteiger partial charge is 0.427 e. The smallest absolute Gasteiger partial charge is 0.328 e. The fraction of sp³-hybridized carbons (Fsp3) is 0.0667. The van der Waals surface area contributed by atoms with Crippen molar-refractivity contribution < 1.29 is 23.9 Å². The van der Waals surface area contributed by atoms with E-state index in [0.29, 0.717) is 5.75 Å². The number of urea groups is 1. The monoisotopic (exact) mass is 300 g/mol. The van der Waals surface area contributed by atoms with Gasteiger partial charge in [-0.2, -0.15) is 0 Å². The quantitative estimate of drug-likeness (QED) is 0.374. The summed E-state index contributed by atoms with van der Waals surface area (Å²) in [5.41, 5.74) is 0.618. The van der Waals surface area contributed by atoms with E-state index in [2.05, 4.69) is 0 Å². The number of rotatable bonds is 3. The second-order valence-electron chi connectivity index (χ2n) is 4.34. The van der Waals surface area contributed by atoms with Crippen LogP contribution in [0.1, 0.15) is 12.5 Å². The highest BCUT2D eigenvalue weighted by molar-refractivity contribution is 6.29. The van der Waals surface area contributed by atoms with Crippen LogP contribution in [0.5, 0.6) is 5.75 Å². The molecule has 1 aromatic carbocycles. The van der Waals surface area contributed by atoms with Crippen molar-refractivity contribution in [3.8, 4) is 5.75 Å². The second kappa shape index (κ2) is 6.49. The van der Waals surface area contributed by atoms with Gasteiger partial charge in [0.05, 0.1) is 0 Å². The van der Waals surface area contributed by atoms with Crippen LogP contribution < -0.4 is 15.4 Å². The van der Waals surface area contributed by atoms with Gasteiger partial charge in [0.15, 0.2) is 0 Å². The van der Waals surface area contributed by atoms with Gasteiger partial charge in [-0.1, -0.05) is 24.3 Å². The van der Waals surface area contributed by atoms with Crippen LogP contribution in [0.3, 0.4) is 0 Å². The lowest BCUT2D eigenvalue weighted by Gasteiger charge is -2.12. The zero-order valence-corrected chi connectivity index (χ0v) is 11.6. The number of imide groups is 2. The first-order valence-corrected chi connectivity index (χ1v) is 6.29. The summed E-state index contributed by atoms with van der Waals surface area (Å²) in [4.78, 5) is 44.6. The summed E-state index contributed by atoms with van der Waals surface area (Å²) in [6, 6.07) is 5.81. The molecule has 1 aliphatic heterocycles. The maximum Gasteiger partial charge on any atom is 0.328 e. The van der Waals surface area contributed by atoms with Crippen molar-refractivity contribution in [3.05, 3.63) is 47.6 Å². The molecule has 7 nitrogen and oxygen atoms in total. The molecule has 1 heterocycles. The molecule has 1 aliphatic rings. The molecule has 0 aliphatic carbocycles. The highest BCUT2D eigenvalue weighted by Gasteiger charge is 2.26. The minimum absolute atomic E-state index is 0.160. The van der Waals surface area contributed by atoms with Crippen molar-refractivity contribution in [2.24, 2.45) is 0 Å². The first kappa shape index (κ1) is 15.2. The number of carbonyl (C=O) groups excluding carboxylic acids is 4. The fourth-order valence-corrected chi connectivity index (χ4v) is 1.70. The van der Waals surface area contributed by atoms with E-state index in [-0.39, 0.29) is 5.57 Å². The van der Waals surface area contributed by atoms with E-state index < -0.39 is 23.8 Å². The molecule has 0 atom stereocenters. The molecule has 0 unspecified atom stereocenters. The van der Waals surface area contributed by atoms with Crippen LogP contribution in [-0.2, 0) is 14.4 Å². The van der Waals surface area contributed by atoms with Gasteiger partial charge in [0, 0.05) is 6.92 Å². The molecular weight excluding hydrogens is 288 g/mol. The number of esters is 1. The van der Waals surface area contributed by atoms with Crippen LogP contribution in [0.2, 0.25) is 0 Å². The lowest BCUT2D eigenvalue weighted by Crippen LogP contribution is -2.51. The van der Waals surface area contributed by atoms with Gasteiger partial charge in [-0.3, -0.25) is 25.0 Å². The number of amides is 4. The number of allylic oxidation sites excluding steroid dienone is 2. The molecular formula is C15H12N2O5. The summed E-state index contributed by atoms with van der Waals surface area (Å²) in [6.45, 7) is 1.31. The Labute approximate surface area is 125 Å². The zero-order chi connectivity index (χ0) is 16.1. The average Bonchev–Trinajstić information content (AvgIpc) is 2.43. The molecule has 7 heteroatoms. The Kier molecular flexibility index (Phi) is 4.47. The van der Waals surface area contributed by atoms with Crippen molar-refractivity contribution in [2.45, 2.75) is 6.92 Å². The summed E-state index contributed by atoms with van der Waals surface area (Å²) in [7, 11) is 0. The van der Waals surface area contributed by atoms with Crippen LogP contribution in [-0.4, -0.2) is 23.8 Å². The number of carbonyl (C=O) groups is 4. The molecule has 1 aromatic rings. The number of hydrogen-bond donors (Lipinski definition) is 2. The van der Waals surface area contributed by atoms with E-state index in [1.807, 2.05) is 10.6 Å². The number of nitrogens with one attached hydrogen (secondary N) is 2. The minimum Gasteiger partial charge on any atom is -0.427 e. The first-order valence-electron chi connectivity index (χ1n) is 6.29. The van der Waals surface area contributed by atoms with Gasteiger partial charge in [0.25, 0.3) is 11.8 Å². The third kappa shape index (κ3) is 3.89. The molecule has 0 saturated carbocycles. The van der Waals surface area contributed by atoms with Gasteiger partial charge in [-0.25, -0.2) is 4.79 Å². The first-order chi connectivity index (χ1) is 10.5. The van der Waals surface area contributed by atoms with Crippen molar-refractivity contribution in [2.75, 3.05) is 0 Å². The van der Waals surface area contributed by atoms with Gasteiger partial charge in [0.1, 0.15) is 11.3 Å². The standard InChI is InChI=1S/C15H12N2O5/c1-9(18)22-11-7-5-10(6-8-11)3-2-4-12-13(19)16-15(21)17-14(12)20/h2-8H,1H3,(H2,16,17,19,20,21)/b3-2+. The van der Waals surface area contributed by atoms with Crippen LogP contribution >= 0.6 is 0 Å². The number of hydrogen-bond acceptors (Lipinski definition) is 5. The molecule has 0 radical (unpaired) electrons. The Morgan fingerprint density at radius 2 is 1.64 bits per heavy atom. The summed E-state index contributed by atoms with van der Waals surface area (Å²) in [6.07, 6.45) is 4.46. The fourth-order valence-electron chi connectivity index (χ4n) is 1.70. The molecule has 112 valence electrons. The Bertz CT molecular complexity index is 679. The van der Waals surface area contributed by atoms with Crippen LogP contribution in [0.4, 0.5) is 4.79 Å². The van der Waals surface area contributed by atoms with E-state index in [1.165, 1.54) is 19.1 Å². The second-order valence-corrected chi connectivity index (χ2v) is 4.34. The number of barbiturate groups is 1. The lowest BCUT2D eigenvalue weighted by atomic mass is 10.1. The summed E-state index contributed by atoms with van der Waals surface area (Å²) >= 11 is 0. The van der Waals surface area contributed by atoms with E-state index in [9.17, 15) is 19.2 Å². The van der Waals surface area contributed by atoms with Crippen LogP contribution in [0, 0.1) is 0 Å². The summed E-state index contributed by atoms with van der Waals surface area (Å²) in [5, 5.41) is 3.95. The van der Waals surface area contributed by atoms with Crippen LogP contribution in [0.15, 0.2) is 42.0 Å². The Balaban J connectivity index is 2.07. The van der Waals surface area contributed by atoms with E-state index in [0.717, 1.165) is 5.56 Å². The Hall–Kier alpha value is -3.22. The predicted octanol–water partition coefficient (Wildman–Crippen LogP) is 0.918. The van der Waals surface area contributed by atoms with Gasteiger partial charge >= 0.3 is 12.0 Å². The van der Waals surface area contributed by atoms with Gasteiger partial charge in [-0.05, 0) is 23.8 Å². The molecule has 22 heavy (non-hydrogen) atoms. The summed E-state index contributed by atoms with van der Waals surface area (Å²) < 4.78 is 4.89. The van der Waals surface area contributed by atoms with Crippen molar-refractivity contribution in [1.29, 1.82) is 0 Å². The third-order valence-electron chi connectivity index (χ3n) is 2.64. The highest BCUT2D eigenvalue weighted by atomic mass is 16.5. The maximum atomic E-state index is 11.5. The molecule has 4 amide bonds. The SMILES string of the molecule is CC(=O)Oc1ccc(/C=C/C=C2C(=O)NC(=O)NC2=O)cc1. The van der Waals surface area contributed by atoms with E-state index in [1.54, 1.807) is 30.3 Å². The Morgan fingerprint density at radius 1 is 1.05 bits per heavy atom. The third-order valence-corrected chi connectivity index (χ3v) is 2.64. The predicted molar refractivity (Wildman–Crippen MR) is 76.5 cm³/mol. The normalized spacial score (nSPS) is 14.6. The molecule has 2 N–H and O–H groups in total. The van der Waals surface area contributed by atoms with E-state index >= 15 is 0 Å². The van der Waals surface area contributed by atoms with E-state index in [4.69, 9.17) is 4.74 Å². The number of benzene rings is 1. The molecule has 0 aromatic heterocycles. The van der Waals surface area contributed by atoms with Crippen molar-refractivity contribution >= 4 is 29.9 Å².